The first-order valence-electron chi connectivity index (χ1n) is 5.71. The van der Waals surface area contributed by atoms with Gasteiger partial charge in [-0.15, -0.1) is 0 Å². The molecule has 1 aromatic carbocycles. The number of rotatable bonds is 1. The summed E-state index contributed by atoms with van der Waals surface area (Å²) in [5, 5.41) is 3.98. The van der Waals surface area contributed by atoms with Crippen molar-refractivity contribution in [2.45, 2.75) is 13.8 Å². The van der Waals surface area contributed by atoms with Crippen LogP contribution < -0.4 is 5.32 Å². The second-order valence-electron chi connectivity index (χ2n) is 5.04. The first-order valence-corrected chi connectivity index (χ1v) is 6.08. The fraction of sp³-hybridized carbons (Fsp3) is 0.357. The summed E-state index contributed by atoms with van der Waals surface area (Å²) in [4.78, 5) is 12.2. The fourth-order valence-corrected chi connectivity index (χ4v) is 2.11. The number of hydrogen-bond donors (Lipinski definition) is 1. The van der Waals surface area contributed by atoms with E-state index in [0.29, 0.717) is 11.6 Å². The van der Waals surface area contributed by atoms with Gasteiger partial charge in [0, 0.05) is 29.1 Å². The molecule has 0 atom stereocenters. The van der Waals surface area contributed by atoms with Gasteiger partial charge >= 0.3 is 0 Å². The van der Waals surface area contributed by atoms with Crippen LogP contribution in [0.2, 0.25) is 5.02 Å². The molecule has 1 aliphatic heterocycles. The van der Waals surface area contributed by atoms with Crippen molar-refractivity contribution in [3.8, 4) is 0 Å². The molecule has 1 fully saturated rings. The molecule has 1 saturated heterocycles. The lowest BCUT2D eigenvalue weighted by Gasteiger charge is -2.30. The van der Waals surface area contributed by atoms with E-state index in [-0.39, 0.29) is 11.2 Å². The highest BCUT2D eigenvalue weighted by Crippen LogP contribution is 2.25. The third-order valence-electron chi connectivity index (χ3n) is 3.00. The van der Waals surface area contributed by atoms with E-state index < -0.39 is 0 Å². The molecule has 0 amide bonds. The minimum atomic E-state index is -0.309. The lowest BCUT2D eigenvalue weighted by molar-refractivity contribution is -0.124. The average Bonchev–Trinajstić information content (AvgIpc) is 2.28. The largest absolute Gasteiger partial charge is 0.312 e. The van der Waals surface area contributed by atoms with Crippen molar-refractivity contribution in [1.82, 2.24) is 5.32 Å². The third-order valence-corrected chi connectivity index (χ3v) is 3.25. The molecule has 0 spiro atoms. The Hall–Kier alpha value is -1.12. The molecule has 90 valence electrons. The van der Waals surface area contributed by atoms with Gasteiger partial charge in [0.05, 0.1) is 0 Å². The Morgan fingerprint density at radius 3 is 2.59 bits per heavy atom. The van der Waals surface area contributed by atoms with Crippen molar-refractivity contribution in [2.24, 2.45) is 5.41 Å². The van der Waals surface area contributed by atoms with Crippen LogP contribution in [0.3, 0.4) is 0 Å². The van der Waals surface area contributed by atoms with E-state index in [4.69, 9.17) is 11.6 Å². The second kappa shape index (κ2) is 4.63. The van der Waals surface area contributed by atoms with Crippen molar-refractivity contribution in [1.29, 1.82) is 0 Å². The molecule has 0 radical (unpaired) electrons. The number of nitrogens with one attached hydrogen (secondary N) is 1. The van der Waals surface area contributed by atoms with Crippen molar-refractivity contribution < 1.29 is 4.79 Å². The summed E-state index contributed by atoms with van der Waals surface area (Å²) in [7, 11) is 0. The first kappa shape index (κ1) is 12.3. The second-order valence-corrected chi connectivity index (χ2v) is 5.47. The number of ketones is 1. The van der Waals surface area contributed by atoms with Crippen LogP contribution >= 0.6 is 11.6 Å². The van der Waals surface area contributed by atoms with Crippen LogP contribution in [0.4, 0.5) is 0 Å². The molecule has 1 N–H and O–H groups in total. The van der Waals surface area contributed by atoms with Gasteiger partial charge in [0.15, 0.2) is 5.78 Å². The third kappa shape index (κ3) is 2.76. The summed E-state index contributed by atoms with van der Waals surface area (Å²) in [5.41, 5.74) is 1.54. The van der Waals surface area contributed by atoms with Crippen LogP contribution in [-0.2, 0) is 4.79 Å². The highest BCUT2D eigenvalue weighted by atomic mass is 35.5. The van der Waals surface area contributed by atoms with Crippen LogP contribution in [0.1, 0.15) is 19.4 Å². The molecule has 0 aliphatic carbocycles. The van der Waals surface area contributed by atoms with Crippen LogP contribution in [0, 0.1) is 5.41 Å². The van der Waals surface area contributed by atoms with Gasteiger partial charge in [-0.2, -0.15) is 0 Å². The molecular formula is C14H16ClNO. The lowest BCUT2D eigenvalue weighted by Crippen LogP contribution is -2.44. The van der Waals surface area contributed by atoms with Crippen LogP contribution in [0.15, 0.2) is 29.8 Å². The number of Topliss-reactive ketones (excluding diaryl/α,β-unsaturated/α-hetero) is 1. The van der Waals surface area contributed by atoms with E-state index >= 15 is 0 Å². The number of hydrogen-bond acceptors (Lipinski definition) is 2. The predicted octanol–water partition coefficient (Wildman–Crippen LogP) is 2.92. The molecule has 3 heteroatoms. The van der Waals surface area contributed by atoms with Gasteiger partial charge in [-0.3, -0.25) is 4.79 Å². The van der Waals surface area contributed by atoms with Gasteiger partial charge < -0.3 is 5.32 Å². The molecule has 0 bridgehead atoms. The Morgan fingerprint density at radius 1 is 1.29 bits per heavy atom. The highest BCUT2D eigenvalue weighted by Gasteiger charge is 2.33. The molecule has 0 saturated carbocycles. The zero-order chi connectivity index (χ0) is 12.5. The monoisotopic (exact) mass is 249 g/mol. The number of carbonyl (C=O) groups is 1. The summed E-state index contributed by atoms with van der Waals surface area (Å²) >= 11 is 5.83. The Morgan fingerprint density at radius 2 is 1.94 bits per heavy atom. The lowest BCUT2D eigenvalue weighted by atomic mass is 9.80. The standard InChI is InChI=1S/C14H16ClNO/c1-14(2)9-16-8-11(13(14)17)7-10-3-5-12(15)6-4-10/h3-7,16H,8-9H2,1-2H3/b11-7+. The van der Waals surface area contributed by atoms with Gasteiger partial charge in [-0.25, -0.2) is 0 Å². The van der Waals surface area contributed by atoms with Gasteiger partial charge in [-0.1, -0.05) is 37.6 Å². The average molecular weight is 250 g/mol. The van der Waals surface area contributed by atoms with E-state index in [2.05, 4.69) is 5.32 Å². The maximum atomic E-state index is 12.2. The Bertz CT molecular complexity index is 460. The summed E-state index contributed by atoms with van der Waals surface area (Å²) in [6, 6.07) is 7.51. The quantitative estimate of drug-likeness (QED) is 0.776. The molecular weight excluding hydrogens is 234 g/mol. The number of carbonyl (C=O) groups excluding carboxylic acids is 1. The Balaban J connectivity index is 2.27. The van der Waals surface area contributed by atoms with Gasteiger partial charge in [0.2, 0.25) is 0 Å². The van der Waals surface area contributed by atoms with E-state index in [0.717, 1.165) is 17.7 Å². The minimum absolute atomic E-state index is 0.228. The molecule has 1 heterocycles. The molecule has 1 aliphatic rings. The van der Waals surface area contributed by atoms with Crippen LogP contribution in [0.5, 0.6) is 0 Å². The number of halogens is 1. The fourth-order valence-electron chi connectivity index (χ4n) is 1.98. The number of piperidine rings is 1. The zero-order valence-electron chi connectivity index (χ0n) is 10.1. The van der Waals surface area contributed by atoms with E-state index in [1.807, 2.05) is 44.2 Å². The van der Waals surface area contributed by atoms with Crippen molar-refractivity contribution in [3.05, 3.63) is 40.4 Å². The minimum Gasteiger partial charge on any atom is -0.312 e. The molecule has 17 heavy (non-hydrogen) atoms. The number of benzene rings is 1. The summed E-state index contributed by atoms with van der Waals surface area (Å²) in [6.45, 7) is 5.32. The van der Waals surface area contributed by atoms with Gasteiger partial charge in [-0.05, 0) is 23.8 Å². The van der Waals surface area contributed by atoms with E-state index in [9.17, 15) is 4.79 Å². The summed E-state index contributed by atoms with van der Waals surface area (Å²) in [5.74, 6) is 0.228. The smallest absolute Gasteiger partial charge is 0.167 e. The van der Waals surface area contributed by atoms with Crippen LogP contribution in [0.25, 0.3) is 6.08 Å². The maximum absolute atomic E-state index is 12.2. The van der Waals surface area contributed by atoms with Crippen molar-refractivity contribution >= 4 is 23.5 Å². The molecule has 2 nitrogen and oxygen atoms in total. The van der Waals surface area contributed by atoms with E-state index in [1.54, 1.807) is 0 Å². The zero-order valence-corrected chi connectivity index (χ0v) is 10.8. The molecule has 0 aromatic heterocycles. The normalized spacial score (nSPS) is 21.8. The molecule has 0 unspecified atom stereocenters. The van der Waals surface area contributed by atoms with Crippen molar-refractivity contribution in [3.63, 3.8) is 0 Å². The molecule has 1 aromatic rings. The van der Waals surface area contributed by atoms with Crippen LogP contribution in [-0.4, -0.2) is 18.9 Å². The van der Waals surface area contributed by atoms with Gasteiger partial charge in [0.25, 0.3) is 0 Å². The summed E-state index contributed by atoms with van der Waals surface area (Å²) < 4.78 is 0. The van der Waals surface area contributed by atoms with Crippen molar-refractivity contribution in [2.75, 3.05) is 13.1 Å². The summed E-state index contributed by atoms with van der Waals surface area (Å²) in [6.07, 6.45) is 1.94. The highest BCUT2D eigenvalue weighted by molar-refractivity contribution is 6.30. The predicted molar refractivity (Wildman–Crippen MR) is 71.1 cm³/mol. The topological polar surface area (TPSA) is 29.1 Å². The maximum Gasteiger partial charge on any atom is 0.167 e. The van der Waals surface area contributed by atoms with Gasteiger partial charge in [0.1, 0.15) is 0 Å². The SMILES string of the molecule is CC1(C)CNC/C(=C\c2ccc(Cl)cc2)C1=O. The Kier molecular flexibility index (Phi) is 3.36. The Labute approximate surface area is 107 Å². The molecule has 2 rings (SSSR count). The van der Waals surface area contributed by atoms with E-state index in [1.165, 1.54) is 0 Å². The first-order chi connectivity index (χ1) is 7.99.